The number of hydrogen-bond acceptors (Lipinski definition) is 3. The normalized spacial score (nSPS) is 20.6. The average Bonchev–Trinajstić information content (AvgIpc) is 3.52. The molecule has 0 amide bonds. The summed E-state index contributed by atoms with van der Waals surface area (Å²) in [5.41, 5.74) is 11.8. The Hall–Kier alpha value is -3.76. The fraction of sp³-hybridized carbons (Fsp3) is 0.491. The molecule has 1 atom stereocenters. The highest BCUT2D eigenvalue weighted by Crippen LogP contribution is 2.49. The molecule has 0 fully saturated rings. The molecule has 1 unspecified atom stereocenters. The van der Waals surface area contributed by atoms with Crippen molar-refractivity contribution in [3.63, 3.8) is 0 Å². The molecule has 1 aromatic carbocycles. The first kappa shape index (κ1) is 47.9. The lowest BCUT2D eigenvalue weighted by Crippen LogP contribution is -2.33. The fourth-order valence-corrected chi connectivity index (χ4v) is 9.30. The molecule has 317 valence electrons. The summed E-state index contributed by atoms with van der Waals surface area (Å²) < 4.78 is 2.59. The van der Waals surface area contributed by atoms with Crippen molar-refractivity contribution in [1.82, 2.24) is 4.90 Å². The van der Waals surface area contributed by atoms with Crippen molar-refractivity contribution in [1.29, 1.82) is 0 Å². The Labute approximate surface area is 367 Å². The summed E-state index contributed by atoms with van der Waals surface area (Å²) in [4.78, 5) is 4.89. The van der Waals surface area contributed by atoms with Gasteiger partial charge in [-0.1, -0.05) is 157 Å². The Balaban J connectivity index is 2.05. The highest BCUT2D eigenvalue weighted by molar-refractivity contribution is 7.28. The topological polar surface area (TPSA) is 6.48 Å². The van der Waals surface area contributed by atoms with Gasteiger partial charge in [-0.2, -0.15) is 0 Å². The Morgan fingerprint density at radius 3 is 2.19 bits per heavy atom. The Bertz CT molecular complexity index is 2070. The van der Waals surface area contributed by atoms with Gasteiger partial charge in [0.25, 0.3) is 0 Å². The van der Waals surface area contributed by atoms with E-state index in [9.17, 15) is 0 Å². The second-order valence-corrected chi connectivity index (χ2v) is 21.4. The first-order valence-electron chi connectivity index (χ1n) is 22.4. The van der Waals surface area contributed by atoms with E-state index in [1.807, 2.05) is 17.4 Å². The van der Waals surface area contributed by atoms with Gasteiger partial charge in [-0.05, 0) is 138 Å². The van der Waals surface area contributed by atoms with Gasteiger partial charge in [0.05, 0.1) is 5.69 Å². The van der Waals surface area contributed by atoms with Gasteiger partial charge in [-0.25, -0.2) is 0 Å². The molecular weight excluding hydrogens is 731 g/mol. The predicted octanol–water partition coefficient (Wildman–Crippen LogP) is 15.8. The first-order valence-corrected chi connectivity index (χ1v) is 23.2. The van der Waals surface area contributed by atoms with E-state index >= 15 is 0 Å². The van der Waals surface area contributed by atoms with Crippen LogP contribution in [0.2, 0.25) is 0 Å². The largest absolute Gasteiger partial charge is 0.337 e. The molecule has 4 rings (SSSR count). The van der Waals surface area contributed by atoms with E-state index < -0.39 is 0 Å². The van der Waals surface area contributed by atoms with E-state index in [-0.39, 0.29) is 16.2 Å². The number of nitrogens with zero attached hydrogens (tertiary/aromatic N) is 2. The van der Waals surface area contributed by atoms with Gasteiger partial charge in [0.2, 0.25) is 7.28 Å². The van der Waals surface area contributed by atoms with Crippen LogP contribution in [-0.2, 0) is 10.8 Å². The Kier molecular flexibility index (Phi) is 16.4. The average molecular weight is 810 g/mol. The summed E-state index contributed by atoms with van der Waals surface area (Å²) >= 11 is 1.92. The monoisotopic (exact) mass is 810 g/mol. The van der Waals surface area contributed by atoms with Crippen molar-refractivity contribution in [3.05, 3.63) is 143 Å². The van der Waals surface area contributed by atoms with Crippen molar-refractivity contribution >= 4 is 39.2 Å². The highest BCUT2D eigenvalue weighted by Gasteiger charge is 2.38. The van der Waals surface area contributed by atoms with E-state index in [1.165, 1.54) is 68.5 Å². The SMILES string of the molecule is C=C/C=C1\C=C\N(C(=C/C)/C(C)=C\CC(C)(C)C)C(/C=C\C(=C)C(C)C)=C\[B]c2sc3cc4c(cc3c2N1C/C=C\C(=C/C)C(C)CCC(C)C)C(C)(C)CCC4(C)C. The lowest BCUT2D eigenvalue weighted by atomic mass is 9.63. The number of benzene rings is 1. The number of anilines is 1. The van der Waals surface area contributed by atoms with E-state index in [0.717, 1.165) is 35.6 Å². The number of hydrogen-bond donors (Lipinski definition) is 0. The number of allylic oxidation sites excluding steroid dienone is 12. The van der Waals surface area contributed by atoms with Crippen LogP contribution >= 0.6 is 11.3 Å². The van der Waals surface area contributed by atoms with Crippen LogP contribution in [0.3, 0.4) is 0 Å². The summed E-state index contributed by atoms with van der Waals surface area (Å²) in [6, 6.07) is 5.10. The van der Waals surface area contributed by atoms with E-state index in [4.69, 9.17) is 0 Å². The summed E-state index contributed by atoms with van der Waals surface area (Å²) in [6.45, 7) is 44.1. The third-order valence-corrected chi connectivity index (χ3v) is 13.6. The van der Waals surface area contributed by atoms with E-state index in [0.29, 0.717) is 17.8 Å². The van der Waals surface area contributed by atoms with Gasteiger partial charge >= 0.3 is 0 Å². The molecule has 2 aromatic rings. The molecule has 0 saturated heterocycles. The minimum atomic E-state index is 0.101. The zero-order chi connectivity index (χ0) is 43.9. The quantitative estimate of drug-likeness (QED) is 0.139. The molecule has 2 aliphatic rings. The molecular formula is C55H78BN2S. The van der Waals surface area contributed by atoms with Crippen molar-refractivity contribution in [2.75, 3.05) is 11.4 Å². The molecule has 1 aliphatic heterocycles. The Morgan fingerprint density at radius 1 is 0.949 bits per heavy atom. The van der Waals surface area contributed by atoms with Crippen molar-refractivity contribution in [2.45, 2.75) is 147 Å². The molecule has 1 radical (unpaired) electrons. The van der Waals surface area contributed by atoms with Crippen LogP contribution in [0.25, 0.3) is 10.1 Å². The van der Waals surface area contributed by atoms with Gasteiger partial charge in [0, 0.05) is 39.9 Å². The third-order valence-electron chi connectivity index (χ3n) is 12.5. The molecule has 4 heteroatoms. The first-order chi connectivity index (χ1) is 27.6. The molecule has 0 spiro atoms. The van der Waals surface area contributed by atoms with Crippen LogP contribution in [0.5, 0.6) is 0 Å². The minimum Gasteiger partial charge on any atom is -0.337 e. The number of thiophene rings is 1. The molecule has 2 heterocycles. The van der Waals surface area contributed by atoms with Gasteiger partial charge in [0.1, 0.15) is 0 Å². The summed E-state index contributed by atoms with van der Waals surface area (Å²) in [6.07, 6.45) is 30.6. The third kappa shape index (κ3) is 12.2. The van der Waals surface area contributed by atoms with Crippen LogP contribution in [0.15, 0.2) is 132 Å². The maximum atomic E-state index is 4.42. The maximum Gasteiger partial charge on any atom is 0.200 e. The summed E-state index contributed by atoms with van der Waals surface area (Å²) in [7, 11) is 2.37. The van der Waals surface area contributed by atoms with E-state index in [1.54, 1.807) is 0 Å². The lowest BCUT2D eigenvalue weighted by Gasteiger charge is -2.42. The smallest absolute Gasteiger partial charge is 0.200 e. The molecule has 2 nitrogen and oxygen atoms in total. The minimum absolute atomic E-state index is 0.101. The molecule has 0 N–H and O–H groups in total. The highest BCUT2D eigenvalue weighted by atomic mass is 32.1. The predicted molar refractivity (Wildman–Crippen MR) is 268 cm³/mol. The van der Waals surface area contributed by atoms with E-state index in [2.05, 4.69) is 213 Å². The van der Waals surface area contributed by atoms with Crippen molar-refractivity contribution < 1.29 is 0 Å². The molecule has 1 aromatic heterocycles. The second kappa shape index (κ2) is 20.2. The van der Waals surface area contributed by atoms with Crippen molar-refractivity contribution in [3.8, 4) is 0 Å². The van der Waals surface area contributed by atoms with Crippen LogP contribution in [-0.4, -0.2) is 18.7 Å². The standard InChI is InChI=1S/C55H78BN2S/c1-18-22-44-29-34-57(49(20-3)42(10)28-30-53(11,12)13)45(27-26-40(8)39(6)7)37-56-52-51(58(44)33-21-23-43(19-2)41(9)25-24-38(4)5)46-35-47-48(36-50(46)59-52)55(16,17)32-31-54(47,14)15/h18-23,26-29,34-39,41H,1,8,24-25,30-33H2,2-7,9-17H3/b23-21-,27-26-,34-29+,42-28-,43-19+,44-22+,45-37-,49-20+. The number of fused-ring (bicyclic) bond motifs is 4. The van der Waals surface area contributed by atoms with Crippen LogP contribution < -0.4 is 9.68 Å². The van der Waals surface area contributed by atoms with Crippen LogP contribution in [0.4, 0.5) is 5.69 Å². The molecule has 0 saturated carbocycles. The molecule has 1 aliphatic carbocycles. The maximum absolute atomic E-state index is 4.42. The van der Waals surface area contributed by atoms with Gasteiger partial charge in [-0.3, -0.25) is 0 Å². The zero-order valence-corrected chi connectivity index (χ0v) is 40.7. The van der Waals surface area contributed by atoms with Crippen molar-refractivity contribution in [2.24, 2.45) is 23.2 Å². The Morgan fingerprint density at radius 2 is 1.61 bits per heavy atom. The molecule has 59 heavy (non-hydrogen) atoms. The van der Waals surface area contributed by atoms with Gasteiger partial charge in [0.15, 0.2) is 0 Å². The van der Waals surface area contributed by atoms with Crippen LogP contribution in [0, 0.1) is 23.2 Å². The molecule has 0 bridgehead atoms. The second-order valence-electron chi connectivity index (χ2n) is 20.3. The summed E-state index contributed by atoms with van der Waals surface area (Å²) in [5, 5.41) is 1.32. The van der Waals surface area contributed by atoms with Gasteiger partial charge < -0.3 is 9.80 Å². The van der Waals surface area contributed by atoms with Gasteiger partial charge in [-0.15, -0.1) is 11.3 Å². The fourth-order valence-electron chi connectivity index (χ4n) is 8.16. The van der Waals surface area contributed by atoms with Crippen LogP contribution in [0.1, 0.15) is 147 Å². The number of rotatable bonds is 14. The lowest BCUT2D eigenvalue weighted by molar-refractivity contribution is 0.332. The zero-order valence-electron chi connectivity index (χ0n) is 39.9. The summed E-state index contributed by atoms with van der Waals surface area (Å²) in [5.74, 6) is 3.89.